The average Bonchev–Trinajstić information content (AvgIpc) is 0.854. The van der Waals surface area contributed by atoms with Gasteiger partial charge in [-0.2, -0.15) is 13.2 Å². The molecule has 30 nitrogen and oxygen atoms in total. The van der Waals surface area contributed by atoms with Crippen LogP contribution in [0.3, 0.4) is 0 Å². The smallest absolute Gasteiger partial charge is 0.416 e. The number of alkyl halides is 3. The number of thiocarbonyl (C=S) groups is 2. The number of halogens is 7. The first-order chi connectivity index (χ1) is 61.9. The quantitative estimate of drug-likeness (QED) is 0.0203. The first-order valence-corrected chi connectivity index (χ1v) is 41.8. The molecule has 0 fully saturated rings. The number of amides is 11. The number of carbonyl (C=O) groups excluding carboxylic acids is 7. The van der Waals surface area contributed by atoms with Crippen molar-refractivity contribution in [1.82, 2.24) is 41.9 Å². The predicted octanol–water partition coefficient (Wildman–Crippen LogP) is 19.2. The second kappa shape index (κ2) is 66.3. The summed E-state index contributed by atoms with van der Waals surface area (Å²) in [6.07, 6.45) is -2.90. The fourth-order valence-corrected chi connectivity index (χ4v) is 9.74. The molecule has 0 saturated carbocycles. The van der Waals surface area contributed by atoms with Gasteiger partial charge in [0.25, 0.3) is 0 Å². The Morgan fingerprint density at radius 1 is 0.362 bits per heavy atom. The van der Waals surface area contributed by atoms with Crippen molar-refractivity contribution in [3.05, 3.63) is 293 Å². The van der Waals surface area contributed by atoms with Crippen molar-refractivity contribution < 1.29 is 92.0 Å². The summed E-state index contributed by atoms with van der Waals surface area (Å²) in [4.78, 5) is 76.3. The zero-order chi connectivity index (χ0) is 97.2. The largest absolute Gasteiger partial charge is 0.497 e. The fraction of sp³-hybridized carbons (Fsp3) is 0.233. The zero-order valence-corrected chi connectivity index (χ0v) is 77.2. The highest BCUT2D eigenvalue weighted by Gasteiger charge is 2.30. The van der Waals surface area contributed by atoms with E-state index in [1.54, 1.807) is 106 Å². The lowest BCUT2D eigenvalue weighted by Crippen LogP contribution is -2.33. The van der Waals surface area contributed by atoms with E-state index in [1.807, 2.05) is 101 Å². The lowest BCUT2D eigenvalue weighted by atomic mass is 10.1. The molecule has 0 heterocycles. The van der Waals surface area contributed by atoms with Crippen LogP contribution in [0.4, 0.5) is 105 Å². The van der Waals surface area contributed by atoms with Crippen molar-refractivity contribution in [2.24, 2.45) is 0 Å². The summed E-state index contributed by atoms with van der Waals surface area (Å²) in [6, 6.07) is 65.7. The Balaban J connectivity index is 0.000000723. The van der Waals surface area contributed by atoms with Gasteiger partial charge in [0.1, 0.15) is 29.0 Å². The molecule has 0 spiro atoms. The van der Waals surface area contributed by atoms with Crippen LogP contribution >= 0.6 is 36.0 Å². The number of methoxy groups -OCH3 is 5. The Hall–Kier alpha value is -14.2. The highest BCUT2D eigenvalue weighted by atomic mass is 35.5. The van der Waals surface area contributed by atoms with Gasteiger partial charge < -0.3 is 87.5 Å². The lowest BCUT2D eigenvalue weighted by Gasteiger charge is -2.08. The highest BCUT2D eigenvalue weighted by molar-refractivity contribution is 7.89. The molecule has 702 valence electrons. The summed E-state index contributed by atoms with van der Waals surface area (Å²) in [5.41, 5.74) is 8.22. The van der Waals surface area contributed by atoms with E-state index in [4.69, 9.17) is 45.5 Å². The van der Waals surface area contributed by atoms with Gasteiger partial charge in [0, 0.05) is 98.3 Å². The van der Waals surface area contributed by atoms with Gasteiger partial charge >= 0.3 is 48.6 Å². The summed E-state index contributed by atoms with van der Waals surface area (Å²) in [5.74, 6) is 0.489. The minimum Gasteiger partial charge on any atom is -0.497 e. The van der Waals surface area contributed by atoms with Crippen LogP contribution in [0.25, 0.3) is 0 Å². The Morgan fingerprint density at radius 2 is 0.662 bits per heavy atom. The first-order valence-electron chi connectivity index (χ1n) is 39.1. The van der Waals surface area contributed by atoms with Crippen LogP contribution in [0, 0.1) is 31.3 Å². The maximum absolute atomic E-state index is 12.4. The third-order valence-corrected chi connectivity index (χ3v) is 17.9. The van der Waals surface area contributed by atoms with Gasteiger partial charge in [-0.3, -0.25) is 16.0 Å². The second-order valence-corrected chi connectivity index (χ2v) is 28.6. The Kier molecular flexibility index (Phi) is 58.1. The van der Waals surface area contributed by atoms with Gasteiger partial charge in [-0.25, -0.2) is 59.9 Å². The van der Waals surface area contributed by atoms with Gasteiger partial charge in [0.2, 0.25) is 10.0 Å². The van der Waals surface area contributed by atoms with Gasteiger partial charge in [0.15, 0.2) is 10.2 Å². The molecule has 0 radical (unpaired) electrons. The number of rotatable bonds is 19. The van der Waals surface area contributed by atoms with Crippen molar-refractivity contribution in [3.63, 3.8) is 0 Å². The third kappa shape index (κ3) is 54.7. The topological polar surface area (TPSA) is 392 Å². The van der Waals surface area contributed by atoms with E-state index in [9.17, 15) is 68.3 Å². The van der Waals surface area contributed by atoms with E-state index in [1.165, 1.54) is 114 Å². The zero-order valence-electron chi connectivity index (χ0n) is 74.0. The number of hydrogen-bond donors (Lipinski definition) is 16. The molecule has 40 heteroatoms. The van der Waals surface area contributed by atoms with E-state index < -0.39 is 51.9 Å². The van der Waals surface area contributed by atoms with Crippen LogP contribution in [0.2, 0.25) is 5.02 Å². The molecule has 11 amide bonds. The molecular formula is C90H111ClF6N16O14S3. The molecule has 0 unspecified atom stereocenters. The first kappa shape index (κ1) is 114. The summed E-state index contributed by atoms with van der Waals surface area (Å²) in [6.45, 7) is 10.3. The van der Waals surface area contributed by atoms with E-state index in [0.717, 1.165) is 89.9 Å². The van der Waals surface area contributed by atoms with Gasteiger partial charge in [-0.1, -0.05) is 91.2 Å². The lowest BCUT2D eigenvalue weighted by molar-refractivity contribution is -0.137. The molecule has 0 bridgehead atoms. The van der Waals surface area contributed by atoms with Crippen LogP contribution < -0.4 is 93.9 Å². The monoisotopic (exact) mass is 1880 g/mol. The Morgan fingerprint density at radius 3 is 0.969 bits per heavy atom. The van der Waals surface area contributed by atoms with Crippen molar-refractivity contribution in [3.8, 4) is 11.5 Å². The minimum atomic E-state index is -4.36. The maximum atomic E-state index is 12.4. The van der Waals surface area contributed by atoms with E-state index >= 15 is 0 Å². The number of nitrogens with one attached hydrogen (secondary N) is 16. The molecule has 0 aliphatic heterocycles. The molecule has 10 aromatic rings. The number of sulfonamides is 1. The molecule has 130 heavy (non-hydrogen) atoms. The molecule has 10 rings (SSSR count). The predicted molar refractivity (Wildman–Crippen MR) is 511 cm³/mol. The number of ether oxygens (including phenoxy) is 5. The average molecular weight is 1890 g/mol. The number of benzene rings is 10. The SMILES string of the molecule is CCCNC(=O)Nc1ccc(C)cc1.CCCNC(=O)Nc1ccc(OC)cc1.CNC(=O)Nc1ccc(C(F)(F)F)cc1.CNC(=O)Nc1ccc(F)cc1.CNC(=S)NCCc1ccccc1.CNC(=S)Nc1ccc(F)cc1.CNS(=O)(=O)c1ccc(F)cc1.COC(=O)Nc1ccc(C)cc1.COC(=O)Nc1ccc(Cl)cc1.COC(=O)Nc1ccc(OC)cc1. The standard InChI is InChI=1S/C11H16N2O2.C11H16N2O.C10H14N2S.C9H9F3N2O.C9H11NO3.C9H11NO2.C8H8ClNO2.C8H9FN2O.C8H9FN2S.C7H8FNO2S/c1-3-8-12-11(14)13-9-4-6-10(15-2)7-5-9;1-3-8-12-11(14)13-10-6-4-9(2)5-7-10;1-11-10(13)12-8-7-9-5-3-2-4-6-9;1-13-8(15)14-7-4-2-6(3-5-7)9(10,11)12;1-12-8-5-3-7(4-6-8)10-9(11)13-2;1-7-3-5-8(6-4-7)10-9(11)12-2;1-12-8(11)10-7-4-2-6(9)3-5-7;2*1-10-8(12)11-7-4-2-6(9)3-5-7;1-9-12(10,11)7-4-2-6(8)3-5-7/h4-7H,3,8H2,1-2H3,(H2,12,13,14);4-7H,3,8H2,1-2H3,(H2,12,13,14);2-6H,7-8H2,1H3,(H2,11,12,13);2-5H,1H3,(H2,13,14,15);3-6H,1-2H3,(H,10,11);3-6H,1-2H3,(H,10,11);2-5H,1H3,(H,10,11);2*2-5H,1H3,(H2,10,11,12);2-5,9H,1H3. The van der Waals surface area contributed by atoms with E-state index in [-0.39, 0.29) is 34.6 Å². The maximum Gasteiger partial charge on any atom is 0.416 e. The van der Waals surface area contributed by atoms with Crippen molar-refractivity contribution >= 4 is 144 Å². The number of urea groups is 4. The number of hydrogen-bond acceptors (Lipinski definition) is 16. The van der Waals surface area contributed by atoms with Crippen LogP contribution in [-0.2, 0) is 36.8 Å². The highest BCUT2D eigenvalue weighted by Crippen LogP contribution is 2.30. The van der Waals surface area contributed by atoms with E-state index in [0.29, 0.717) is 51.1 Å². The summed E-state index contributed by atoms with van der Waals surface area (Å²) in [5, 5.41) is 41.5. The molecule has 0 atom stereocenters. The molecule has 0 aliphatic rings. The normalized spacial score (nSPS) is 9.67. The van der Waals surface area contributed by atoms with Gasteiger partial charge in [-0.15, -0.1) is 0 Å². The van der Waals surface area contributed by atoms with Crippen molar-refractivity contribution in [2.75, 3.05) is 133 Å². The Bertz CT molecular complexity index is 4810. The minimum absolute atomic E-state index is 0.0615. The molecule has 0 aromatic heterocycles. The number of carbonyl (C=O) groups is 7. The van der Waals surface area contributed by atoms with Crippen molar-refractivity contribution in [1.29, 1.82) is 0 Å². The fourth-order valence-electron chi connectivity index (χ4n) is 8.66. The number of aryl methyl sites for hydroxylation is 2. The molecule has 10 aromatic carbocycles. The summed E-state index contributed by atoms with van der Waals surface area (Å²) in [7, 11) is 11.5. The van der Waals surface area contributed by atoms with Crippen LogP contribution in [0.5, 0.6) is 11.5 Å². The number of anilines is 8. The van der Waals surface area contributed by atoms with Crippen molar-refractivity contribution in [2.45, 2.75) is 58.0 Å². The molecular weight excluding hydrogens is 1770 g/mol. The van der Waals surface area contributed by atoms with Crippen LogP contribution in [0.1, 0.15) is 48.9 Å². The molecule has 0 saturated heterocycles. The second-order valence-electron chi connectivity index (χ2n) is 25.4. The van der Waals surface area contributed by atoms with Crippen LogP contribution in [-0.4, -0.2) is 151 Å². The molecule has 16 N–H and O–H groups in total. The Labute approximate surface area is 769 Å². The van der Waals surface area contributed by atoms with E-state index in [2.05, 4.69) is 111 Å². The summed E-state index contributed by atoms with van der Waals surface area (Å²) < 4.78 is 121. The van der Waals surface area contributed by atoms with Gasteiger partial charge in [0.05, 0.1) is 46.0 Å². The molecule has 0 aliphatic carbocycles. The van der Waals surface area contributed by atoms with Crippen LogP contribution in [0.15, 0.2) is 254 Å². The third-order valence-electron chi connectivity index (χ3n) is 15.5. The van der Waals surface area contributed by atoms with Gasteiger partial charge in [-0.05, 0) is 264 Å². The summed E-state index contributed by atoms with van der Waals surface area (Å²) >= 11 is 15.4.